The lowest BCUT2D eigenvalue weighted by molar-refractivity contribution is 0.0955. The molecule has 0 aliphatic rings. The molecule has 0 fully saturated rings. The highest BCUT2D eigenvalue weighted by molar-refractivity contribution is 7.20. The predicted octanol–water partition coefficient (Wildman–Crippen LogP) is 5.05. The van der Waals surface area contributed by atoms with E-state index in [1.165, 1.54) is 23.5 Å². The highest BCUT2D eigenvalue weighted by Gasteiger charge is 2.16. The van der Waals surface area contributed by atoms with Crippen LogP contribution in [-0.2, 0) is 13.1 Å². The van der Waals surface area contributed by atoms with E-state index in [4.69, 9.17) is 0 Å². The van der Waals surface area contributed by atoms with Crippen molar-refractivity contribution >= 4 is 39.2 Å². The van der Waals surface area contributed by atoms with Gasteiger partial charge in [0, 0.05) is 23.7 Å². The number of fused-ring (bicyclic) bond motifs is 1. The fourth-order valence-corrected chi connectivity index (χ4v) is 4.58. The second-order valence-electron chi connectivity index (χ2n) is 8.33. The Morgan fingerprint density at radius 1 is 1.06 bits per heavy atom. The van der Waals surface area contributed by atoms with Gasteiger partial charge in [0.1, 0.15) is 10.6 Å². The molecule has 0 saturated carbocycles. The number of halogens is 1. The molecule has 0 aliphatic heterocycles. The van der Waals surface area contributed by atoms with Crippen molar-refractivity contribution in [2.24, 2.45) is 0 Å². The SMILES string of the molecule is Cc1nn(Cc2ccc(F)cc2)c2sc(C(=O)NCc3ccc(NC(=O)NC(C)C)cc3)cc12. The van der Waals surface area contributed by atoms with Crippen LogP contribution in [0.4, 0.5) is 14.9 Å². The summed E-state index contributed by atoms with van der Waals surface area (Å²) in [5.74, 6) is -0.435. The van der Waals surface area contributed by atoms with Crippen LogP contribution in [0.2, 0.25) is 0 Å². The van der Waals surface area contributed by atoms with Gasteiger partial charge in [-0.1, -0.05) is 24.3 Å². The summed E-state index contributed by atoms with van der Waals surface area (Å²) in [4.78, 5) is 26.1. The average molecular weight is 480 g/mol. The molecule has 176 valence electrons. The van der Waals surface area contributed by atoms with E-state index in [1.807, 2.05) is 43.7 Å². The highest BCUT2D eigenvalue weighted by atomic mass is 32.1. The Kier molecular flexibility index (Phi) is 6.93. The van der Waals surface area contributed by atoms with Crippen LogP contribution in [0.15, 0.2) is 54.6 Å². The van der Waals surface area contributed by atoms with Crippen molar-refractivity contribution < 1.29 is 14.0 Å². The van der Waals surface area contributed by atoms with Gasteiger partial charge in [0.15, 0.2) is 0 Å². The number of hydrogen-bond donors (Lipinski definition) is 3. The number of rotatable bonds is 7. The first-order valence-corrected chi connectivity index (χ1v) is 11.8. The van der Waals surface area contributed by atoms with E-state index in [1.54, 1.807) is 24.3 Å². The Bertz CT molecular complexity index is 1310. The van der Waals surface area contributed by atoms with Crippen LogP contribution in [0.25, 0.3) is 10.2 Å². The molecule has 0 aliphatic carbocycles. The van der Waals surface area contributed by atoms with Crippen LogP contribution in [0.5, 0.6) is 0 Å². The summed E-state index contributed by atoms with van der Waals surface area (Å²) in [7, 11) is 0. The number of hydrogen-bond acceptors (Lipinski definition) is 4. The summed E-state index contributed by atoms with van der Waals surface area (Å²) in [6, 6.07) is 15.3. The van der Waals surface area contributed by atoms with Gasteiger partial charge in [0.25, 0.3) is 5.91 Å². The molecule has 7 nitrogen and oxygen atoms in total. The van der Waals surface area contributed by atoms with Gasteiger partial charge in [-0.3, -0.25) is 9.48 Å². The molecule has 0 bridgehead atoms. The van der Waals surface area contributed by atoms with Crippen molar-refractivity contribution in [1.82, 2.24) is 20.4 Å². The molecule has 2 aromatic heterocycles. The zero-order chi connectivity index (χ0) is 24.2. The van der Waals surface area contributed by atoms with Crippen molar-refractivity contribution in [3.63, 3.8) is 0 Å². The van der Waals surface area contributed by atoms with Gasteiger partial charge in [-0.25, -0.2) is 9.18 Å². The largest absolute Gasteiger partial charge is 0.347 e. The lowest BCUT2D eigenvalue weighted by Crippen LogP contribution is -2.34. The number of thiophene rings is 1. The van der Waals surface area contributed by atoms with Crippen molar-refractivity contribution in [2.45, 2.75) is 39.9 Å². The van der Waals surface area contributed by atoms with Gasteiger partial charge in [-0.15, -0.1) is 11.3 Å². The van der Waals surface area contributed by atoms with Crippen molar-refractivity contribution in [1.29, 1.82) is 0 Å². The maximum Gasteiger partial charge on any atom is 0.319 e. The number of aromatic nitrogens is 2. The zero-order valence-corrected chi connectivity index (χ0v) is 20.0. The molecule has 0 spiro atoms. The quantitative estimate of drug-likeness (QED) is 0.346. The molecule has 3 amide bonds. The number of amides is 3. The number of anilines is 1. The number of carbonyl (C=O) groups excluding carboxylic acids is 2. The van der Waals surface area contributed by atoms with Crippen LogP contribution >= 0.6 is 11.3 Å². The number of nitrogens with one attached hydrogen (secondary N) is 3. The van der Waals surface area contributed by atoms with E-state index < -0.39 is 0 Å². The average Bonchev–Trinajstić information content (AvgIpc) is 3.35. The van der Waals surface area contributed by atoms with E-state index in [-0.39, 0.29) is 23.8 Å². The number of aryl methyl sites for hydroxylation is 1. The summed E-state index contributed by atoms with van der Waals surface area (Å²) >= 11 is 1.38. The minimum Gasteiger partial charge on any atom is -0.347 e. The lowest BCUT2D eigenvalue weighted by atomic mass is 10.2. The molecule has 0 atom stereocenters. The second-order valence-corrected chi connectivity index (χ2v) is 9.36. The fraction of sp³-hybridized carbons (Fsp3) is 0.240. The van der Waals surface area contributed by atoms with E-state index in [0.717, 1.165) is 27.0 Å². The van der Waals surface area contributed by atoms with Crippen molar-refractivity contribution in [3.8, 4) is 0 Å². The molecule has 9 heteroatoms. The molecule has 4 rings (SSSR count). The van der Waals surface area contributed by atoms with Crippen LogP contribution in [0.3, 0.4) is 0 Å². The third-order valence-electron chi connectivity index (χ3n) is 5.16. The second kappa shape index (κ2) is 10.0. The third-order valence-corrected chi connectivity index (χ3v) is 6.31. The first-order valence-electron chi connectivity index (χ1n) is 10.9. The van der Waals surface area contributed by atoms with Crippen molar-refractivity contribution in [2.75, 3.05) is 5.32 Å². The number of carbonyl (C=O) groups is 2. The lowest BCUT2D eigenvalue weighted by Gasteiger charge is -2.10. The Morgan fingerprint density at radius 3 is 2.41 bits per heavy atom. The molecule has 34 heavy (non-hydrogen) atoms. The smallest absolute Gasteiger partial charge is 0.319 e. The van der Waals surface area contributed by atoms with Gasteiger partial charge in [0.2, 0.25) is 0 Å². The van der Waals surface area contributed by atoms with E-state index in [2.05, 4.69) is 21.0 Å². The maximum atomic E-state index is 13.2. The number of urea groups is 1. The van der Waals surface area contributed by atoms with Crippen LogP contribution in [-0.4, -0.2) is 27.8 Å². The molecular weight excluding hydrogens is 453 g/mol. The van der Waals surface area contributed by atoms with E-state index in [0.29, 0.717) is 23.7 Å². The Morgan fingerprint density at radius 2 is 1.74 bits per heavy atom. The highest BCUT2D eigenvalue weighted by Crippen LogP contribution is 2.29. The molecule has 4 aromatic rings. The van der Waals surface area contributed by atoms with Crippen LogP contribution < -0.4 is 16.0 Å². The standard InChI is InChI=1S/C25H26FN5O2S/c1-15(2)28-25(33)29-20-10-6-17(7-11-20)13-27-23(32)22-12-21-16(3)30-31(24(21)34-22)14-18-4-8-19(26)9-5-18/h4-12,15H,13-14H2,1-3H3,(H,27,32)(H2,28,29,33). The number of nitrogens with zero attached hydrogens (tertiary/aromatic N) is 2. The molecular formula is C25H26FN5O2S. The van der Waals surface area contributed by atoms with Gasteiger partial charge >= 0.3 is 6.03 Å². The Balaban J connectivity index is 1.39. The van der Waals surface area contributed by atoms with Gasteiger partial charge in [-0.05, 0) is 62.2 Å². The minimum atomic E-state index is -0.275. The summed E-state index contributed by atoms with van der Waals surface area (Å²) < 4.78 is 15.0. The van der Waals surface area contributed by atoms with Gasteiger partial charge in [0.05, 0.1) is 17.1 Å². The first kappa shape index (κ1) is 23.4. The summed E-state index contributed by atoms with van der Waals surface area (Å²) in [6.45, 7) is 6.57. The topological polar surface area (TPSA) is 88.1 Å². The van der Waals surface area contributed by atoms with Gasteiger partial charge < -0.3 is 16.0 Å². The Labute approximate surface area is 201 Å². The molecule has 3 N–H and O–H groups in total. The zero-order valence-electron chi connectivity index (χ0n) is 19.2. The number of benzene rings is 2. The van der Waals surface area contributed by atoms with E-state index in [9.17, 15) is 14.0 Å². The summed E-state index contributed by atoms with van der Waals surface area (Å²) in [5.41, 5.74) is 3.38. The fourth-order valence-electron chi connectivity index (χ4n) is 3.50. The van der Waals surface area contributed by atoms with Gasteiger partial charge in [-0.2, -0.15) is 5.10 Å². The maximum absolute atomic E-state index is 13.2. The third kappa shape index (κ3) is 5.60. The molecule has 0 radical (unpaired) electrons. The normalized spacial score (nSPS) is 11.1. The Hall–Kier alpha value is -3.72. The molecule has 0 unspecified atom stereocenters. The predicted molar refractivity (Wildman–Crippen MR) is 133 cm³/mol. The van der Waals surface area contributed by atoms with E-state index >= 15 is 0 Å². The minimum absolute atomic E-state index is 0.0539. The summed E-state index contributed by atoms with van der Waals surface area (Å²) in [6.07, 6.45) is 0. The van der Waals surface area contributed by atoms with Crippen molar-refractivity contribution in [3.05, 3.63) is 82.1 Å². The molecule has 2 heterocycles. The van der Waals surface area contributed by atoms with Crippen LogP contribution in [0.1, 0.15) is 40.3 Å². The van der Waals surface area contributed by atoms with Crippen LogP contribution in [0, 0.1) is 12.7 Å². The summed E-state index contributed by atoms with van der Waals surface area (Å²) in [5, 5.41) is 14.0. The molecule has 2 aromatic carbocycles. The molecule has 0 saturated heterocycles. The monoisotopic (exact) mass is 479 g/mol. The first-order chi connectivity index (χ1) is 16.3.